The number of carbonyl (C=O) groups excluding carboxylic acids is 1. The van der Waals surface area contributed by atoms with Gasteiger partial charge in [0.2, 0.25) is 5.91 Å². The van der Waals surface area contributed by atoms with Crippen LogP contribution in [0.2, 0.25) is 5.02 Å². The Hall–Kier alpha value is -1.10. The van der Waals surface area contributed by atoms with Gasteiger partial charge in [0.05, 0.1) is 6.04 Å². The second-order valence-corrected chi connectivity index (χ2v) is 4.85. The standard InChI is InChI=1S/C14H21ClN2O2/c1-10(17-13(18)8-9-16-2)14(19-3)11-4-6-12(15)7-5-11/h4-7,10,14,16H,8-9H2,1-3H3,(H,17,18). The van der Waals surface area contributed by atoms with E-state index in [0.717, 1.165) is 5.56 Å². The zero-order valence-electron chi connectivity index (χ0n) is 11.6. The number of nitrogens with one attached hydrogen (secondary N) is 2. The largest absolute Gasteiger partial charge is 0.375 e. The summed E-state index contributed by atoms with van der Waals surface area (Å²) >= 11 is 5.86. The van der Waals surface area contributed by atoms with E-state index >= 15 is 0 Å². The van der Waals surface area contributed by atoms with Crippen LogP contribution in [0.15, 0.2) is 24.3 Å². The van der Waals surface area contributed by atoms with Gasteiger partial charge in [0.25, 0.3) is 0 Å². The van der Waals surface area contributed by atoms with Gasteiger partial charge < -0.3 is 15.4 Å². The molecule has 1 aromatic rings. The molecule has 0 aliphatic carbocycles. The lowest BCUT2D eigenvalue weighted by molar-refractivity contribution is -0.122. The number of rotatable bonds is 7. The molecule has 0 bridgehead atoms. The first-order chi connectivity index (χ1) is 9.08. The zero-order valence-corrected chi connectivity index (χ0v) is 12.3. The molecule has 2 N–H and O–H groups in total. The highest BCUT2D eigenvalue weighted by Gasteiger charge is 2.20. The van der Waals surface area contributed by atoms with Crippen LogP contribution in [0.25, 0.3) is 0 Å². The van der Waals surface area contributed by atoms with Gasteiger partial charge in [-0.1, -0.05) is 23.7 Å². The Labute approximate surface area is 119 Å². The minimum Gasteiger partial charge on any atom is -0.375 e. The smallest absolute Gasteiger partial charge is 0.221 e. The first-order valence-corrected chi connectivity index (χ1v) is 6.68. The molecule has 0 aromatic heterocycles. The van der Waals surface area contributed by atoms with Crippen molar-refractivity contribution in [1.29, 1.82) is 0 Å². The monoisotopic (exact) mass is 284 g/mol. The predicted octanol–water partition coefficient (Wildman–Crippen LogP) is 2.14. The van der Waals surface area contributed by atoms with Gasteiger partial charge in [-0.2, -0.15) is 0 Å². The molecule has 106 valence electrons. The fourth-order valence-corrected chi connectivity index (χ4v) is 2.05. The highest BCUT2D eigenvalue weighted by Crippen LogP contribution is 2.22. The lowest BCUT2D eigenvalue weighted by Crippen LogP contribution is -2.38. The molecule has 0 spiro atoms. The molecule has 0 heterocycles. The molecule has 1 amide bonds. The van der Waals surface area contributed by atoms with E-state index in [0.29, 0.717) is 18.0 Å². The molecular weight excluding hydrogens is 264 g/mol. The third-order valence-corrected chi connectivity index (χ3v) is 3.15. The van der Waals surface area contributed by atoms with Crippen molar-refractivity contribution in [2.45, 2.75) is 25.5 Å². The molecule has 0 saturated heterocycles. The fraction of sp³-hybridized carbons (Fsp3) is 0.500. The van der Waals surface area contributed by atoms with E-state index in [1.54, 1.807) is 7.11 Å². The van der Waals surface area contributed by atoms with Crippen molar-refractivity contribution in [2.24, 2.45) is 0 Å². The Morgan fingerprint density at radius 3 is 2.53 bits per heavy atom. The normalized spacial score (nSPS) is 13.9. The van der Waals surface area contributed by atoms with Crippen molar-refractivity contribution in [2.75, 3.05) is 20.7 Å². The minimum atomic E-state index is -0.184. The average molecular weight is 285 g/mol. The van der Waals surface area contributed by atoms with Gasteiger partial charge in [-0.25, -0.2) is 0 Å². The van der Waals surface area contributed by atoms with E-state index in [2.05, 4.69) is 10.6 Å². The van der Waals surface area contributed by atoms with Crippen LogP contribution in [0.3, 0.4) is 0 Å². The lowest BCUT2D eigenvalue weighted by Gasteiger charge is -2.24. The molecule has 2 atom stereocenters. The number of ether oxygens (including phenoxy) is 1. The van der Waals surface area contributed by atoms with E-state index in [-0.39, 0.29) is 18.1 Å². The average Bonchev–Trinajstić information content (AvgIpc) is 2.39. The highest BCUT2D eigenvalue weighted by atomic mass is 35.5. The second-order valence-electron chi connectivity index (χ2n) is 4.42. The van der Waals surface area contributed by atoms with Crippen LogP contribution >= 0.6 is 11.6 Å². The van der Waals surface area contributed by atoms with E-state index in [1.807, 2.05) is 38.2 Å². The minimum absolute atomic E-state index is 0.0119. The Morgan fingerprint density at radius 1 is 1.37 bits per heavy atom. The molecule has 1 rings (SSSR count). The summed E-state index contributed by atoms with van der Waals surface area (Å²) in [6.07, 6.45) is 0.272. The molecule has 0 aliphatic heterocycles. The second kappa shape index (κ2) is 8.15. The maximum atomic E-state index is 11.7. The van der Waals surface area contributed by atoms with Crippen LogP contribution in [-0.2, 0) is 9.53 Å². The van der Waals surface area contributed by atoms with Gasteiger partial charge >= 0.3 is 0 Å². The summed E-state index contributed by atoms with van der Waals surface area (Å²) in [5, 5.41) is 6.57. The van der Waals surface area contributed by atoms with Gasteiger partial charge in [-0.05, 0) is 31.7 Å². The summed E-state index contributed by atoms with van der Waals surface area (Å²) in [6.45, 7) is 2.59. The number of hydrogen-bond acceptors (Lipinski definition) is 3. The van der Waals surface area contributed by atoms with Gasteiger partial charge in [0.15, 0.2) is 0 Å². The molecule has 0 saturated carbocycles. The molecule has 5 heteroatoms. The number of amides is 1. The van der Waals surface area contributed by atoms with Crippen molar-refractivity contribution >= 4 is 17.5 Å². The summed E-state index contributed by atoms with van der Waals surface area (Å²) in [5.41, 5.74) is 0.994. The van der Waals surface area contributed by atoms with Crippen molar-refractivity contribution in [3.8, 4) is 0 Å². The molecule has 0 fully saturated rings. The van der Waals surface area contributed by atoms with E-state index in [4.69, 9.17) is 16.3 Å². The lowest BCUT2D eigenvalue weighted by atomic mass is 10.0. The quantitative estimate of drug-likeness (QED) is 0.807. The zero-order chi connectivity index (χ0) is 14.3. The fourth-order valence-electron chi connectivity index (χ4n) is 1.92. The van der Waals surface area contributed by atoms with Crippen LogP contribution in [0.1, 0.15) is 25.0 Å². The summed E-state index contributed by atoms with van der Waals surface area (Å²) in [5.74, 6) is 0.0119. The topological polar surface area (TPSA) is 50.4 Å². The third kappa shape index (κ3) is 5.19. The SMILES string of the molecule is CNCCC(=O)NC(C)C(OC)c1ccc(Cl)cc1. The maximum absolute atomic E-state index is 11.7. The van der Waals surface area contributed by atoms with Crippen LogP contribution < -0.4 is 10.6 Å². The van der Waals surface area contributed by atoms with Gasteiger partial charge in [0.1, 0.15) is 6.10 Å². The van der Waals surface area contributed by atoms with Crippen LogP contribution in [-0.4, -0.2) is 32.7 Å². The Balaban J connectivity index is 2.63. The van der Waals surface area contributed by atoms with Crippen molar-refractivity contribution in [3.05, 3.63) is 34.9 Å². The van der Waals surface area contributed by atoms with Crippen molar-refractivity contribution in [1.82, 2.24) is 10.6 Å². The molecule has 0 radical (unpaired) electrons. The highest BCUT2D eigenvalue weighted by molar-refractivity contribution is 6.30. The van der Waals surface area contributed by atoms with Crippen LogP contribution in [0.4, 0.5) is 0 Å². The molecule has 4 nitrogen and oxygen atoms in total. The molecule has 19 heavy (non-hydrogen) atoms. The summed E-state index contributed by atoms with van der Waals surface area (Å²) in [4.78, 5) is 11.7. The predicted molar refractivity (Wildman–Crippen MR) is 77.4 cm³/mol. The number of hydrogen-bond donors (Lipinski definition) is 2. The van der Waals surface area contributed by atoms with Crippen LogP contribution in [0.5, 0.6) is 0 Å². The first kappa shape index (κ1) is 16.0. The molecule has 1 aromatic carbocycles. The molecule has 2 unspecified atom stereocenters. The van der Waals surface area contributed by atoms with E-state index in [9.17, 15) is 4.79 Å². The van der Waals surface area contributed by atoms with Crippen molar-refractivity contribution in [3.63, 3.8) is 0 Å². The van der Waals surface area contributed by atoms with Gasteiger partial charge in [-0.3, -0.25) is 4.79 Å². The molecular formula is C14H21ClN2O2. The Kier molecular flexibility index (Phi) is 6.84. The van der Waals surface area contributed by atoms with E-state index in [1.165, 1.54) is 0 Å². The van der Waals surface area contributed by atoms with Gasteiger partial charge in [0, 0.05) is 25.1 Å². The number of carbonyl (C=O) groups is 1. The first-order valence-electron chi connectivity index (χ1n) is 6.30. The Morgan fingerprint density at radius 2 is 2.00 bits per heavy atom. The summed E-state index contributed by atoms with van der Waals surface area (Å²) in [7, 11) is 3.46. The third-order valence-electron chi connectivity index (χ3n) is 2.90. The number of halogens is 1. The van der Waals surface area contributed by atoms with Gasteiger partial charge in [-0.15, -0.1) is 0 Å². The maximum Gasteiger partial charge on any atom is 0.221 e. The van der Waals surface area contributed by atoms with Crippen LogP contribution in [0, 0.1) is 0 Å². The number of benzene rings is 1. The van der Waals surface area contributed by atoms with E-state index < -0.39 is 0 Å². The number of methoxy groups -OCH3 is 1. The van der Waals surface area contributed by atoms with Crippen molar-refractivity contribution < 1.29 is 9.53 Å². The Bertz CT molecular complexity index is 395. The summed E-state index contributed by atoms with van der Waals surface area (Å²) in [6, 6.07) is 7.35. The molecule has 0 aliphatic rings. The summed E-state index contributed by atoms with van der Waals surface area (Å²) < 4.78 is 5.47.